The Balaban J connectivity index is 1.41. The number of amides is 3. The number of rotatable bonds is 7. The van der Waals surface area contributed by atoms with Gasteiger partial charge in [0.05, 0.1) is 12.5 Å². The number of carbonyl (C=O) groups excluding carboxylic acids is 3. The lowest BCUT2D eigenvalue weighted by molar-refractivity contribution is -0.151. The average Bonchev–Trinajstić information content (AvgIpc) is 3.49. The monoisotopic (exact) mass is 700 g/mol. The van der Waals surface area contributed by atoms with Crippen LogP contribution in [0, 0.1) is 11.8 Å². The van der Waals surface area contributed by atoms with Gasteiger partial charge in [0.1, 0.15) is 11.7 Å². The summed E-state index contributed by atoms with van der Waals surface area (Å²) in [6.07, 6.45) is 16.2. The van der Waals surface area contributed by atoms with Gasteiger partial charge in [-0.3, -0.25) is 9.69 Å². The van der Waals surface area contributed by atoms with Crippen LogP contribution >= 0.6 is 0 Å². The molecule has 6 atom stereocenters. The Morgan fingerprint density at radius 3 is 2.34 bits per heavy atom. The van der Waals surface area contributed by atoms with Gasteiger partial charge in [-0.1, -0.05) is 63.8 Å². The number of hydrogen-bond acceptors (Lipinski definition) is 8. The number of aliphatic hydroxyl groups is 2. The third-order valence-corrected chi connectivity index (χ3v) is 11.0. The lowest BCUT2D eigenvalue weighted by Gasteiger charge is -2.40. The van der Waals surface area contributed by atoms with Crippen molar-refractivity contribution < 1.29 is 34.1 Å². The number of esters is 1. The Bertz CT molecular complexity index is 1200. The van der Waals surface area contributed by atoms with Crippen LogP contribution in [0.15, 0.2) is 36.0 Å². The van der Waals surface area contributed by atoms with E-state index in [2.05, 4.69) is 11.8 Å². The molecule has 3 heterocycles. The fourth-order valence-corrected chi connectivity index (χ4v) is 7.74. The quantitative estimate of drug-likeness (QED) is 0.154. The van der Waals surface area contributed by atoms with Crippen LogP contribution in [-0.4, -0.2) is 131 Å². The van der Waals surface area contributed by atoms with Crippen molar-refractivity contribution in [1.29, 1.82) is 0 Å². The maximum absolute atomic E-state index is 13.5. The first-order chi connectivity index (χ1) is 23.8. The Morgan fingerprint density at radius 1 is 1.02 bits per heavy atom. The third-order valence-electron chi connectivity index (χ3n) is 11.0. The summed E-state index contributed by atoms with van der Waals surface area (Å²) >= 11 is 0. The molecule has 3 amide bonds. The van der Waals surface area contributed by atoms with Gasteiger partial charge in [-0.2, -0.15) is 0 Å². The van der Waals surface area contributed by atoms with Gasteiger partial charge in [0.2, 0.25) is 0 Å². The molecule has 4 rings (SSSR count). The molecular weight excluding hydrogens is 636 g/mol. The molecule has 0 bridgehead atoms. The topological polar surface area (TPSA) is 123 Å². The number of urea groups is 1. The van der Waals surface area contributed by atoms with Crippen molar-refractivity contribution in [3.63, 3.8) is 0 Å². The van der Waals surface area contributed by atoms with Gasteiger partial charge >= 0.3 is 18.1 Å². The molecule has 0 radical (unpaired) electrons. The lowest BCUT2D eigenvalue weighted by Crippen LogP contribution is -2.53. The van der Waals surface area contributed by atoms with Crippen molar-refractivity contribution in [3.05, 3.63) is 36.0 Å². The van der Waals surface area contributed by atoms with Gasteiger partial charge in [-0.15, -0.1) is 0 Å². The van der Waals surface area contributed by atoms with Crippen molar-refractivity contribution in [1.82, 2.24) is 19.6 Å². The molecule has 0 aromatic carbocycles. The molecule has 0 aromatic heterocycles. The number of piperazine rings is 1. The van der Waals surface area contributed by atoms with Crippen LogP contribution in [0.1, 0.15) is 98.3 Å². The highest BCUT2D eigenvalue weighted by molar-refractivity contribution is 5.74. The van der Waals surface area contributed by atoms with E-state index < -0.39 is 36.0 Å². The summed E-state index contributed by atoms with van der Waals surface area (Å²) in [7, 11) is 1.83. The molecule has 4 aliphatic rings. The molecular formula is C39H64N4O7. The smallest absolute Gasteiger partial charge is 0.410 e. The Hall–Kier alpha value is -2.89. The molecule has 11 nitrogen and oxygen atoms in total. The number of cyclic esters (lactones) is 1. The van der Waals surface area contributed by atoms with Crippen LogP contribution in [0.2, 0.25) is 0 Å². The average molecular weight is 701 g/mol. The fourth-order valence-electron chi connectivity index (χ4n) is 7.74. The van der Waals surface area contributed by atoms with Gasteiger partial charge in [-0.25, -0.2) is 9.59 Å². The van der Waals surface area contributed by atoms with Crippen molar-refractivity contribution >= 4 is 18.1 Å². The highest BCUT2D eigenvalue weighted by Crippen LogP contribution is 2.28. The second kappa shape index (κ2) is 19.1. The van der Waals surface area contributed by atoms with Gasteiger partial charge in [0.15, 0.2) is 6.10 Å². The minimum atomic E-state index is -1.46. The third kappa shape index (κ3) is 11.8. The molecule has 1 saturated carbocycles. The first-order valence-electron chi connectivity index (χ1n) is 19.2. The molecule has 11 heteroatoms. The van der Waals surface area contributed by atoms with E-state index in [1.807, 2.05) is 50.1 Å². The highest BCUT2D eigenvalue weighted by atomic mass is 16.6. The second-order valence-corrected chi connectivity index (χ2v) is 15.5. The fraction of sp³-hybridized carbons (Fsp3) is 0.769. The standard InChI is InChI=1S/C39H64N4O7/c1-29(28-40(5)37(46)42-21-10-11-22-42)13-12-14-30(2)36-31(3)17-18-34(39(4,48)20-19-33(44)27-35(45)50-36)49-38(47)43-25-23-41(24-26-43)32-15-8-6-7-9-16-32/h12-14,17-18,29,31-34,36,44,48H,6-11,15-16,19-28H2,1-5H3/b13-12+,18-17+,30-14+/t29-,31+,33-,34+,36-,39-/m1/s1. The predicted octanol–water partition coefficient (Wildman–Crippen LogP) is 5.52. The number of hydrogen-bond donors (Lipinski definition) is 2. The highest BCUT2D eigenvalue weighted by Gasteiger charge is 2.37. The zero-order chi connectivity index (χ0) is 36.3. The summed E-state index contributed by atoms with van der Waals surface area (Å²) in [4.78, 5) is 47.0. The van der Waals surface area contributed by atoms with Crippen LogP contribution in [0.5, 0.6) is 0 Å². The predicted molar refractivity (Wildman–Crippen MR) is 194 cm³/mol. The Kier molecular flexibility index (Phi) is 15.2. The van der Waals surface area contributed by atoms with Gasteiger partial charge in [0.25, 0.3) is 0 Å². The van der Waals surface area contributed by atoms with Gasteiger partial charge in [-0.05, 0) is 69.9 Å². The molecule has 0 unspecified atom stereocenters. The normalized spacial score (nSPS) is 31.3. The number of nitrogens with zero attached hydrogens (tertiary/aromatic N) is 4. The molecule has 0 spiro atoms. The lowest BCUT2D eigenvalue weighted by atomic mass is 9.89. The van der Waals surface area contributed by atoms with E-state index in [4.69, 9.17) is 9.47 Å². The second-order valence-electron chi connectivity index (χ2n) is 15.5. The summed E-state index contributed by atoms with van der Waals surface area (Å²) < 4.78 is 11.9. The number of ether oxygens (including phenoxy) is 2. The maximum atomic E-state index is 13.5. The number of carbonyl (C=O) groups is 3. The number of allylic oxidation sites excluding steroid dienone is 2. The number of likely N-dealkylation sites (tertiary alicyclic amines) is 1. The van der Waals surface area contributed by atoms with Crippen molar-refractivity contribution in [2.75, 3.05) is 52.9 Å². The summed E-state index contributed by atoms with van der Waals surface area (Å²) in [6, 6.07) is 0.655. The van der Waals surface area contributed by atoms with E-state index in [1.165, 1.54) is 38.5 Å². The molecule has 0 aromatic rings. The van der Waals surface area contributed by atoms with Crippen molar-refractivity contribution in [3.8, 4) is 0 Å². The first kappa shape index (κ1) is 39.9. The molecule has 282 valence electrons. The van der Waals surface area contributed by atoms with Crippen molar-refractivity contribution in [2.45, 2.75) is 128 Å². The van der Waals surface area contributed by atoms with E-state index in [0.717, 1.165) is 44.6 Å². The van der Waals surface area contributed by atoms with E-state index in [9.17, 15) is 24.6 Å². The summed E-state index contributed by atoms with van der Waals surface area (Å²) in [5, 5.41) is 22.2. The molecule has 3 aliphatic heterocycles. The van der Waals surface area contributed by atoms with E-state index in [1.54, 1.807) is 22.8 Å². The molecule has 3 fully saturated rings. The van der Waals surface area contributed by atoms with Crippen LogP contribution in [0.25, 0.3) is 0 Å². The number of aliphatic hydroxyl groups excluding tert-OH is 1. The minimum absolute atomic E-state index is 0.0629. The van der Waals surface area contributed by atoms with E-state index in [-0.39, 0.29) is 37.1 Å². The van der Waals surface area contributed by atoms with Crippen LogP contribution in [0.4, 0.5) is 9.59 Å². The summed E-state index contributed by atoms with van der Waals surface area (Å²) in [5.74, 6) is -0.720. The molecule has 2 N–H and O–H groups in total. The SMILES string of the molecule is C/C(=C\C=C\[C@@H](C)CN(C)C(=O)N1CCCC1)[C@H]1OC(=O)C[C@H](O)CC[C@@](C)(O)[C@@H](OC(=O)N2CCN(C3CCCCCC3)CC2)/C=C/[C@@H]1C. The Labute approximate surface area is 300 Å². The summed E-state index contributed by atoms with van der Waals surface area (Å²) in [6.45, 7) is 12.5. The zero-order valence-electron chi connectivity index (χ0n) is 31.3. The minimum Gasteiger partial charge on any atom is -0.457 e. The largest absolute Gasteiger partial charge is 0.457 e. The molecule has 50 heavy (non-hydrogen) atoms. The Morgan fingerprint density at radius 2 is 1.68 bits per heavy atom. The van der Waals surface area contributed by atoms with Crippen molar-refractivity contribution in [2.24, 2.45) is 11.8 Å². The van der Waals surface area contributed by atoms with Crippen LogP contribution in [-0.2, 0) is 14.3 Å². The summed E-state index contributed by atoms with van der Waals surface area (Å²) in [5.41, 5.74) is -0.653. The van der Waals surface area contributed by atoms with Gasteiger partial charge in [0, 0.05) is 64.8 Å². The van der Waals surface area contributed by atoms with E-state index >= 15 is 0 Å². The van der Waals surface area contributed by atoms with E-state index in [0.29, 0.717) is 25.7 Å². The molecule has 1 aliphatic carbocycles. The van der Waals surface area contributed by atoms with Gasteiger partial charge < -0.3 is 34.4 Å². The molecule has 2 saturated heterocycles. The maximum Gasteiger partial charge on any atom is 0.410 e. The van der Waals surface area contributed by atoms with Crippen LogP contribution in [0.3, 0.4) is 0 Å². The first-order valence-corrected chi connectivity index (χ1v) is 19.2. The zero-order valence-corrected chi connectivity index (χ0v) is 31.3. The van der Waals surface area contributed by atoms with Crippen LogP contribution < -0.4 is 0 Å².